The molecular weight excluding hydrogens is 254 g/mol. The molecule has 0 aliphatic carbocycles. The summed E-state index contributed by atoms with van der Waals surface area (Å²) < 4.78 is 12.5. The first-order valence-electron chi connectivity index (χ1n) is 6.03. The fraction of sp³-hybridized carbons (Fsp3) is 0.750. The zero-order chi connectivity index (χ0) is 13.7. The van der Waals surface area contributed by atoms with E-state index in [9.17, 15) is 0 Å². The lowest BCUT2D eigenvalue weighted by molar-refractivity contribution is -0.121. The van der Waals surface area contributed by atoms with Crippen molar-refractivity contribution in [1.82, 2.24) is 15.1 Å². The zero-order valence-corrected chi connectivity index (χ0v) is 12.4. The molecule has 18 heavy (non-hydrogen) atoms. The average molecular weight is 276 g/mol. The summed E-state index contributed by atoms with van der Waals surface area (Å²) in [6.07, 6.45) is 0.391. The van der Waals surface area contributed by atoms with Gasteiger partial charge in [0.1, 0.15) is 0 Å². The van der Waals surface area contributed by atoms with Crippen LogP contribution in [0.3, 0.4) is 0 Å². The van der Waals surface area contributed by atoms with E-state index in [1.807, 2.05) is 25.6 Å². The van der Waals surface area contributed by atoms with Crippen LogP contribution >= 0.6 is 11.6 Å². The van der Waals surface area contributed by atoms with Crippen LogP contribution in [0.15, 0.2) is 0 Å². The van der Waals surface area contributed by atoms with E-state index in [0.29, 0.717) is 6.42 Å². The third-order valence-electron chi connectivity index (χ3n) is 3.03. The average Bonchev–Trinajstić information content (AvgIpc) is 2.66. The number of nitrogens with zero attached hydrogens (tertiary/aromatic N) is 2. The van der Waals surface area contributed by atoms with Crippen LogP contribution in [-0.2, 0) is 22.4 Å². The molecule has 1 atom stereocenters. The monoisotopic (exact) mass is 275 g/mol. The Labute approximate surface area is 113 Å². The lowest BCUT2D eigenvalue weighted by Crippen LogP contribution is -2.42. The van der Waals surface area contributed by atoms with Gasteiger partial charge in [0.25, 0.3) is 0 Å². The molecule has 6 heteroatoms. The molecule has 1 N–H and O–H groups in total. The summed E-state index contributed by atoms with van der Waals surface area (Å²) in [5.74, 6) is 0. The Hall–Kier alpha value is -0.620. The smallest absolute Gasteiger partial charge is 0.172 e. The number of methoxy groups -OCH3 is 2. The van der Waals surface area contributed by atoms with Crippen molar-refractivity contribution < 1.29 is 9.47 Å². The highest BCUT2D eigenvalue weighted by molar-refractivity contribution is 6.31. The van der Waals surface area contributed by atoms with Crippen molar-refractivity contribution in [2.45, 2.75) is 39.1 Å². The number of likely N-dealkylation sites (N-methyl/N-ethyl adjacent to an activating group) is 1. The Bertz CT molecular complexity index is 378. The van der Waals surface area contributed by atoms with Gasteiger partial charge in [0.15, 0.2) is 6.29 Å². The molecule has 1 aromatic rings. The third-order valence-corrected chi connectivity index (χ3v) is 3.52. The predicted molar refractivity (Wildman–Crippen MR) is 72.0 cm³/mol. The van der Waals surface area contributed by atoms with Crippen molar-refractivity contribution in [2.75, 3.05) is 21.3 Å². The second-order valence-corrected chi connectivity index (χ2v) is 4.48. The van der Waals surface area contributed by atoms with Gasteiger partial charge >= 0.3 is 0 Å². The van der Waals surface area contributed by atoms with Crippen LogP contribution in [0.4, 0.5) is 0 Å². The first-order valence-corrected chi connectivity index (χ1v) is 6.41. The lowest BCUT2D eigenvalue weighted by Gasteiger charge is -2.24. The lowest BCUT2D eigenvalue weighted by atomic mass is 10.1. The summed E-state index contributed by atoms with van der Waals surface area (Å²) >= 11 is 6.29. The van der Waals surface area contributed by atoms with Gasteiger partial charge in [-0.1, -0.05) is 11.6 Å². The number of ether oxygens (including phenoxy) is 2. The van der Waals surface area contributed by atoms with Crippen LogP contribution in [0, 0.1) is 6.92 Å². The Kier molecular flexibility index (Phi) is 6.08. The normalized spacial score (nSPS) is 13.3. The van der Waals surface area contributed by atoms with Gasteiger partial charge in [0.2, 0.25) is 0 Å². The van der Waals surface area contributed by atoms with Crippen LogP contribution < -0.4 is 5.32 Å². The number of rotatable bonds is 7. The quantitative estimate of drug-likeness (QED) is 0.768. The first-order chi connectivity index (χ1) is 8.58. The van der Waals surface area contributed by atoms with Crippen molar-refractivity contribution in [3.8, 4) is 0 Å². The van der Waals surface area contributed by atoms with E-state index in [0.717, 1.165) is 23.0 Å². The minimum Gasteiger partial charge on any atom is -0.354 e. The van der Waals surface area contributed by atoms with E-state index in [-0.39, 0.29) is 12.3 Å². The van der Waals surface area contributed by atoms with Crippen molar-refractivity contribution in [3.63, 3.8) is 0 Å². The fourth-order valence-electron chi connectivity index (χ4n) is 2.03. The van der Waals surface area contributed by atoms with Gasteiger partial charge in [-0.05, 0) is 20.9 Å². The molecule has 0 aliphatic rings. The van der Waals surface area contributed by atoms with Crippen LogP contribution in [0.1, 0.15) is 18.3 Å². The van der Waals surface area contributed by atoms with Gasteiger partial charge in [-0.25, -0.2) is 0 Å². The van der Waals surface area contributed by atoms with Gasteiger partial charge in [-0.2, -0.15) is 5.10 Å². The van der Waals surface area contributed by atoms with Crippen LogP contribution in [-0.4, -0.2) is 43.4 Å². The highest BCUT2D eigenvalue weighted by atomic mass is 35.5. The Balaban J connectivity index is 2.93. The molecular formula is C12H22ClN3O2. The molecule has 5 nitrogen and oxygen atoms in total. The predicted octanol–water partition coefficient (Wildman–Crippen LogP) is 1.61. The molecule has 104 valence electrons. The molecule has 1 aromatic heterocycles. The molecule has 1 unspecified atom stereocenters. The largest absolute Gasteiger partial charge is 0.354 e. The molecule has 0 bridgehead atoms. The minimum absolute atomic E-state index is 0.0268. The standard InChI is InChI=1S/C12H22ClN3O2/c1-6-16-10(11(13)8(2)15-16)7-9(14-3)12(17-4)18-5/h9,12,14H,6-7H2,1-5H3. The van der Waals surface area contributed by atoms with Crippen molar-refractivity contribution in [3.05, 3.63) is 16.4 Å². The Morgan fingerprint density at radius 3 is 2.44 bits per heavy atom. The summed E-state index contributed by atoms with van der Waals surface area (Å²) in [6, 6.07) is 0.0268. The summed E-state index contributed by atoms with van der Waals surface area (Å²) in [7, 11) is 5.13. The molecule has 1 heterocycles. The zero-order valence-electron chi connectivity index (χ0n) is 11.7. The molecule has 0 aliphatic heterocycles. The van der Waals surface area contributed by atoms with Gasteiger partial charge in [0, 0.05) is 27.2 Å². The summed E-state index contributed by atoms with van der Waals surface area (Å²) in [5.41, 5.74) is 1.87. The second-order valence-electron chi connectivity index (χ2n) is 4.10. The fourth-order valence-corrected chi connectivity index (χ4v) is 2.24. The van der Waals surface area contributed by atoms with Crippen molar-refractivity contribution in [1.29, 1.82) is 0 Å². The van der Waals surface area contributed by atoms with Crippen LogP contribution in [0.2, 0.25) is 5.02 Å². The maximum atomic E-state index is 6.29. The summed E-state index contributed by atoms with van der Waals surface area (Å²) in [5, 5.41) is 8.32. The second kappa shape index (κ2) is 7.09. The number of halogens is 1. The Morgan fingerprint density at radius 1 is 1.39 bits per heavy atom. The van der Waals surface area contributed by atoms with Crippen molar-refractivity contribution in [2.24, 2.45) is 0 Å². The molecule has 0 radical (unpaired) electrons. The first kappa shape index (κ1) is 15.4. The maximum absolute atomic E-state index is 6.29. The maximum Gasteiger partial charge on any atom is 0.172 e. The summed E-state index contributed by atoms with van der Waals surface area (Å²) in [4.78, 5) is 0. The number of hydrogen-bond donors (Lipinski definition) is 1. The molecule has 0 amide bonds. The molecule has 0 saturated heterocycles. The van der Waals surface area contributed by atoms with Gasteiger partial charge in [0.05, 0.1) is 22.5 Å². The van der Waals surface area contributed by atoms with E-state index < -0.39 is 0 Å². The van der Waals surface area contributed by atoms with Gasteiger partial charge in [-0.15, -0.1) is 0 Å². The molecule has 1 rings (SSSR count). The van der Waals surface area contributed by atoms with Gasteiger partial charge < -0.3 is 14.8 Å². The molecule has 0 spiro atoms. The van der Waals surface area contributed by atoms with Gasteiger partial charge in [-0.3, -0.25) is 4.68 Å². The topological polar surface area (TPSA) is 48.3 Å². The molecule has 0 aromatic carbocycles. The van der Waals surface area contributed by atoms with E-state index in [4.69, 9.17) is 21.1 Å². The SMILES string of the molecule is CCn1nc(C)c(Cl)c1CC(NC)C(OC)OC. The van der Waals surface area contributed by atoms with E-state index in [1.165, 1.54) is 0 Å². The van der Waals surface area contributed by atoms with Crippen LogP contribution in [0.5, 0.6) is 0 Å². The van der Waals surface area contributed by atoms with Crippen LogP contribution in [0.25, 0.3) is 0 Å². The number of hydrogen-bond acceptors (Lipinski definition) is 4. The van der Waals surface area contributed by atoms with E-state index >= 15 is 0 Å². The highest BCUT2D eigenvalue weighted by Crippen LogP contribution is 2.22. The number of aromatic nitrogens is 2. The number of aryl methyl sites for hydroxylation is 2. The minimum atomic E-state index is -0.313. The summed E-state index contributed by atoms with van der Waals surface area (Å²) in [6.45, 7) is 4.76. The molecule has 0 fully saturated rings. The molecule has 0 saturated carbocycles. The number of nitrogens with one attached hydrogen (secondary N) is 1. The Morgan fingerprint density at radius 2 is 2.00 bits per heavy atom. The third kappa shape index (κ3) is 3.23. The van der Waals surface area contributed by atoms with E-state index in [1.54, 1.807) is 14.2 Å². The highest BCUT2D eigenvalue weighted by Gasteiger charge is 2.23. The van der Waals surface area contributed by atoms with E-state index in [2.05, 4.69) is 10.4 Å². The van der Waals surface area contributed by atoms with Crippen molar-refractivity contribution >= 4 is 11.6 Å².